The number of hydrogen-bond acceptors (Lipinski definition) is 2. The van der Waals surface area contributed by atoms with Crippen LogP contribution >= 0.6 is 11.6 Å². The minimum absolute atomic E-state index is 0.0922. The highest BCUT2D eigenvalue weighted by molar-refractivity contribution is 6.67. The second-order valence-electron chi connectivity index (χ2n) is 4.03. The first kappa shape index (κ1) is 15.1. The molecule has 2 aromatic rings. The molecule has 0 aliphatic heterocycles. The smallest absolute Gasteiger partial charge is 0.261 e. The molecule has 0 aliphatic rings. The molecule has 0 saturated carbocycles. The zero-order valence-corrected chi connectivity index (χ0v) is 11.0. The molecular formula is C14H7ClF3NO2. The molecule has 108 valence electrons. The Morgan fingerprint density at radius 2 is 1.67 bits per heavy atom. The van der Waals surface area contributed by atoms with E-state index in [1.807, 2.05) is 0 Å². The molecule has 21 heavy (non-hydrogen) atoms. The average molecular weight is 314 g/mol. The Kier molecular flexibility index (Phi) is 4.28. The van der Waals surface area contributed by atoms with Gasteiger partial charge in [0.05, 0.1) is 0 Å². The second-order valence-corrected chi connectivity index (χ2v) is 4.37. The first-order valence-electron chi connectivity index (χ1n) is 5.65. The van der Waals surface area contributed by atoms with Gasteiger partial charge in [0, 0.05) is 11.3 Å². The highest BCUT2D eigenvalue weighted by Crippen LogP contribution is 2.19. The summed E-state index contributed by atoms with van der Waals surface area (Å²) in [6.07, 6.45) is 0. The topological polar surface area (TPSA) is 46.2 Å². The van der Waals surface area contributed by atoms with Crippen molar-refractivity contribution in [2.24, 2.45) is 0 Å². The Morgan fingerprint density at radius 1 is 1.00 bits per heavy atom. The van der Waals surface area contributed by atoms with Gasteiger partial charge in [-0.1, -0.05) is 6.07 Å². The molecule has 0 atom stereocenters. The van der Waals surface area contributed by atoms with E-state index in [1.165, 1.54) is 24.3 Å². The maximum atomic E-state index is 13.5. The minimum Gasteiger partial charge on any atom is -0.322 e. The highest BCUT2D eigenvalue weighted by Gasteiger charge is 2.21. The number of anilines is 1. The second kappa shape index (κ2) is 5.97. The summed E-state index contributed by atoms with van der Waals surface area (Å²) in [5, 5.41) is 1.41. The van der Waals surface area contributed by atoms with Crippen LogP contribution < -0.4 is 5.32 Å². The van der Waals surface area contributed by atoms with Gasteiger partial charge in [0.2, 0.25) is 0 Å². The summed E-state index contributed by atoms with van der Waals surface area (Å²) in [4.78, 5) is 22.8. The number of benzene rings is 2. The van der Waals surface area contributed by atoms with E-state index >= 15 is 0 Å². The van der Waals surface area contributed by atoms with Crippen molar-refractivity contribution >= 4 is 28.4 Å². The van der Waals surface area contributed by atoms with Crippen molar-refractivity contribution in [3.8, 4) is 0 Å². The van der Waals surface area contributed by atoms with E-state index in [-0.39, 0.29) is 11.3 Å². The number of halogens is 4. The maximum Gasteiger partial charge on any atom is 0.261 e. The lowest BCUT2D eigenvalue weighted by Gasteiger charge is -2.08. The molecule has 1 amide bonds. The van der Waals surface area contributed by atoms with Crippen molar-refractivity contribution in [3.63, 3.8) is 0 Å². The molecule has 1 N–H and O–H groups in total. The lowest BCUT2D eigenvalue weighted by Crippen LogP contribution is -2.17. The first-order valence-corrected chi connectivity index (χ1v) is 6.02. The monoisotopic (exact) mass is 313 g/mol. The van der Waals surface area contributed by atoms with E-state index < -0.39 is 34.2 Å². The number of carbonyl (C=O) groups excluding carboxylic acids is 2. The number of hydrogen-bond donors (Lipinski definition) is 1. The Balaban J connectivity index is 2.33. The zero-order chi connectivity index (χ0) is 15.6. The van der Waals surface area contributed by atoms with Gasteiger partial charge in [-0.2, -0.15) is 0 Å². The lowest BCUT2D eigenvalue weighted by atomic mass is 10.1. The molecule has 0 saturated heterocycles. The Hall–Kier alpha value is -2.34. The largest absolute Gasteiger partial charge is 0.322 e. The van der Waals surface area contributed by atoms with Gasteiger partial charge in [-0.05, 0) is 41.9 Å². The van der Waals surface area contributed by atoms with E-state index in [4.69, 9.17) is 11.6 Å². The van der Waals surface area contributed by atoms with Gasteiger partial charge in [-0.25, -0.2) is 13.2 Å². The standard InChI is InChI=1S/C14H7ClF3NO2/c15-13(20)7-2-1-3-8(6-7)19-14(21)11-9(16)4-5-10(17)12(11)18/h1-6H,(H,19,21). The fourth-order valence-corrected chi connectivity index (χ4v) is 1.77. The molecule has 0 radical (unpaired) electrons. The molecular weight excluding hydrogens is 307 g/mol. The summed E-state index contributed by atoms with van der Waals surface area (Å²) in [7, 11) is 0. The van der Waals surface area contributed by atoms with Crippen LogP contribution in [0.3, 0.4) is 0 Å². The molecule has 7 heteroatoms. The molecule has 0 aromatic heterocycles. The van der Waals surface area contributed by atoms with E-state index in [0.29, 0.717) is 12.1 Å². The van der Waals surface area contributed by atoms with Gasteiger partial charge < -0.3 is 5.32 Å². The molecule has 2 aromatic carbocycles. The van der Waals surface area contributed by atoms with Crippen LogP contribution in [0.4, 0.5) is 18.9 Å². The summed E-state index contributed by atoms with van der Waals surface area (Å²) in [6, 6.07) is 6.65. The summed E-state index contributed by atoms with van der Waals surface area (Å²) in [5.74, 6) is -5.30. The van der Waals surface area contributed by atoms with Crippen molar-refractivity contribution in [3.05, 3.63) is 65.0 Å². The summed E-state index contributed by atoms with van der Waals surface area (Å²) < 4.78 is 40.0. The normalized spacial score (nSPS) is 10.3. The highest BCUT2D eigenvalue weighted by atomic mass is 35.5. The summed E-state index contributed by atoms with van der Waals surface area (Å²) in [6.45, 7) is 0. The Morgan fingerprint density at radius 3 is 2.33 bits per heavy atom. The maximum absolute atomic E-state index is 13.5. The lowest BCUT2D eigenvalue weighted by molar-refractivity contribution is 0.101. The van der Waals surface area contributed by atoms with Crippen molar-refractivity contribution < 1.29 is 22.8 Å². The van der Waals surface area contributed by atoms with Gasteiger partial charge in [0.1, 0.15) is 11.4 Å². The van der Waals surface area contributed by atoms with E-state index in [1.54, 1.807) is 0 Å². The number of carbonyl (C=O) groups is 2. The van der Waals surface area contributed by atoms with Crippen LogP contribution in [0.5, 0.6) is 0 Å². The van der Waals surface area contributed by atoms with Gasteiger partial charge in [0.25, 0.3) is 11.1 Å². The fourth-order valence-electron chi connectivity index (χ4n) is 1.65. The molecule has 0 spiro atoms. The quantitative estimate of drug-likeness (QED) is 0.693. The van der Waals surface area contributed by atoms with Gasteiger partial charge in [0.15, 0.2) is 11.6 Å². The number of nitrogens with one attached hydrogen (secondary N) is 1. The molecule has 3 nitrogen and oxygen atoms in total. The SMILES string of the molecule is O=C(Cl)c1cccc(NC(=O)c2c(F)ccc(F)c2F)c1. The first-order chi connectivity index (χ1) is 9.90. The molecule has 0 unspecified atom stereocenters. The van der Waals surface area contributed by atoms with Crippen LogP contribution in [0.1, 0.15) is 20.7 Å². The third kappa shape index (κ3) is 3.22. The molecule has 0 heterocycles. The predicted molar refractivity (Wildman–Crippen MR) is 70.9 cm³/mol. The third-order valence-corrected chi connectivity index (χ3v) is 2.84. The van der Waals surface area contributed by atoms with Crippen molar-refractivity contribution in [1.82, 2.24) is 0 Å². The van der Waals surface area contributed by atoms with Crippen LogP contribution in [-0.4, -0.2) is 11.1 Å². The van der Waals surface area contributed by atoms with E-state index in [9.17, 15) is 22.8 Å². The van der Waals surface area contributed by atoms with E-state index in [0.717, 1.165) is 0 Å². The van der Waals surface area contributed by atoms with Crippen molar-refractivity contribution in [2.45, 2.75) is 0 Å². The molecule has 0 bridgehead atoms. The van der Waals surface area contributed by atoms with Gasteiger partial charge in [-0.15, -0.1) is 0 Å². The van der Waals surface area contributed by atoms with Crippen LogP contribution in [0, 0.1) is 17.5 Å². The molecule has 0 fully saturated rings. The van der Waals surface area contributed by atoms with Gasteiger partial charge >= 0.3 is 0 Å². The van der Waals surface area contributed by atoms with Crippen LogP contribution in [0.2, 0.25) is 0 Å². The number of rotatable bonds is 3. The van der Waals surface area contributed by atoms with Crippen LogP contribution in [0.25, 0.3) is 0 Å². The minimum atomic E-state index is -1.59. The third-order valence-electron chi connectivity index (χ3n) is 2.62. The molecule has 0 aliphatic carbocycles. The molecule has 2 rings (SSSR count). The van der Waals surface area contributed by atoms with Crippen molar-refractivity contribution in [2.75, 3.05) is 5.32 Å². The predicted octanol–water partition coefficient (Wildman–Crippen LogP) is 3.74. The average Bonchev–Trinajstić information content (AvgIpc) is 2.43. The van der Waals surface area contributed by atoms with Crippen molar-refractivity contribution in [1.29, 1.82) is 0 Å². The Bertz CT molecular complexity index is 734. The fraction of sp³-hybridized carbons (Fsp3) is 0. The Labute approximate surface area is 122 Å². The van der Waals surface area contributed by atoms with E-state index in [2.05, 4.69) is 5.32 Å². The summed E-state index contributed by atoms with van der Waals surface area (Å²) in [5.41, 5.74) is -0.859. The zero-order valence-electron chi connectivity index (χ0n) is 10.3. The number of amides is 1. The van der Waals surface area contributed by atoms with Gasteiger partial charge in [-0.3, -0.25) is 9.59 Å². The van der Waals surface area contributed by atoms with Crippen LogP contribution in [0.15, 0.2) is 36.4 Å². The van der Waals surface area contributed by atoms with Crippen LogP contribution in [-0.2, 0) is 0 Å². The summed E-state index contributed by atoms with van der Waals surface area (Å²) >= 11 is 5.28.